The van der Waals surface area contributed by atoms with Crippen molar-refractivity contribution in [3.05, 3.63) is 96.1 Å². The number of hydrogen-bond acceptors (Lipinski definition) is 5. The van der Waals surface area contributed by atoms with Crippen molar-refractivity contribution in [2.24, 2.45) is 0 Å². The van der Waals surface area contributed by atoms with Crippen LogP contribution in [-0.2, 0) is 10.0 Å². The number of carbonyl (C=O) groups excluding carboxylic acids is 1. The molecule has 212 valence electrons. The summed E-state index contributed by atoms with van der Waals surface area (Å²) in [6.07, 6.45) is 1.09. The summed E-state index contributed by atoms with van der Waals surface area (Å²) in [4.78, 5) is 13.2. The Bertz CT molecular complexity index is 2100. The second-order valence-electron chi connectivity index (χ2n) is 9.83. The Morgan fingerprint density at radius 3 is 2.12 bits per heavy atom. The average molecular weight is 587 g/mol. The molecule has 0 saturated carbocycles. The third-order valence-corrected chi connectivity index (χ3v) is 8.39. The van der Waals surface area contributed by atoms with Crippen LogP contribution in [0.15, 0.2) is 83.3 Å². The van der Waals surface area contributed by atoms with E-state index < -0.39 is 21.7 Å². The van der Waals surface area contributed by atoms with Gasteiger partial charge in [-0.15, -0.1) is 0 Å². The lowest BCUT2D eigenvalue weighted by Gasteiger charge is -2.21. The van der Waals surface area contributed by atoms with Gasteiger partial charge < -0.3 is 9.73 Å². The van der Waals surface area contributed by atoms with Gasteiger partial charge in [-0.05, 0) is 72.3 Å². The maximum absolute atomic E-state index is 13.7. The van der Waals surface area contributed by atoms with E-state index in [1.165, 1.54) is 50.5 Å². The minimum atomic E-state index is -3.71. The summed E-state index contributed by atoms with van der Waals surface area (Å²) in [5, 5.41) is 11.2. The zero-order valence-electron chi connectivity index (χ0n) is 22.7. The van der Waals surface area contributed by atoms with E-state index in [0.717, 1.165) is 21.5 Å². The van der Waals surface area contributed by atoms with Crippen molar-refractivity contribution in [2.45, 2.75) is 0 Å². The highest BCUT2D eigenvalue weighted by molar-refractivity contribution is 7.92. The lowest BCUT2D eigenvalue weighted by molar-refractivity contribution is 0.0964. The minimum Gasteiger partial charge on any atom is -0.455 e. The lowest BCUT2D eigenvalue weighted by Crippen LogP contribution is -2.25. The summed E-state index contributed by atoms with van der Waals surface area (Å²) in [6.45, 7) is 0. The number of hydrogen-bond donors (Lipinski definition) is 2. The van der Waals surface area contributed by atoms with E-state index in [-0.39, 0.29) is 22.7 Å². The van der Waals surface area contributed by atoms with Crippen molar-refractivity contribution in [1.82, 2.24) is 15.5 Å². The number of fused-ring (bicyclic) bond motifs is 2. The first-order valence-electron chi connectivity index (χ1n) is 12.8. The molecule has 0 aliphatic rings. The molecule has 2 aromatic heterocycles. The van der Waals surface area contributed by atoms with Crippen LogP contribution in [0.1, 0.15) is 10.4 Å². The molecule has 0 atom stereocenters. The number of nitrogens with zero attached hydrogens (tertiary/aromatic N) is 2. The average Bonchev–Trinajstić information content (AvgIpc) is 3.57. The van der Waals surface area contributed by atoms with Crippen LogP contribution in [0.4, 0.5) is 14.5 Å². The summed E-state index contributed by atoms with van der Waals surface area (Å²) in [5.41, 5.74) is 4.48. The summed E-state index contributed by atoms with van der Waals surface area (Å²) >= 11 is 0. The standard InChI is InChI=1S/C31H24F2N4O4S/c1-34-31(38)28-24-15-22(19-8-13-25-23(14-19)29(36-35-25)17-4-9-20(32)10-5-17)26(37(2)42(3,39)40)16-27(24)41-30(28)18-6-11-21(33)12-7-18/h4-16H,1-3H3,(H,34,38)(H,35,36). The third-order valence-electron chi connectivity index (χ3n) is 7.20. The van der Waals surface area contributed by atoms with Crippen molar-refractivity contribution in [1.29, 1.82) is 0 Å². The number of furan rings is 1. The van der Waals surface area contributed by atoms with Gasteiger partial charge in [0.05, 0.1) is 28.7 Å². The molecule has 11 heteroatoms. The highest BCUT2D eigenvalue weighted by atomic mass is 32.2. The van der Waals surface area contributed by atoms with Gasteiger partial charge in [-0.3, -0.25) is 14.2 Å². The normalized spacial score (nSPS) is 11.7. The van der Waals surface area contributed by atoms with Gasteiger partial charge in [-0.2, -0.15) is 5.10 Å². The summed E-state index contributed by atoms with van der Waals surface area (Å²) in [7, 11) is -0.780. The van der Waals surface area contributed by atoms with Gasteiger partial charge in [0.1, 0.15) is 23.0 Å². The molecular weight excluding hydrogens is 562 g/mol. The molecule has 0 radical (unpaired) electrons. The van der Waals surface area contributed by atoms with Gasteiger partial charge in [-0.25, -0.2) is 17.2 Å². The second kappa shape index (κ2) is 10.1. The largest absolute Gasteiger partial charge is 0.455 e. The Morgan fingerprint density at radius 1 is 0.881 bits per heavy atom. The topological polar surface area (TPSA) is 108 Å². The fourth-order valence-electron chi connectivity index (χ4n) is 4.97. The molecule has 1 amide bonds. The van der Waals surface area contributed by atoms with Crippen LogP contribution in [-0.4, -0.2) is 44.9 Å². The number of aromatic nitrogens is 2. The Morgan fingerprint density at radius 2 is 1.50 bits per heavy atom. The summed E-state index contributed by atoms with van der Waals surface area (Å²) in [5.74, 6) is -1.01. The smallest absolute Gasteiger partial charge is 0.255 e. The molecule has 8 nitrogen and oxygen atoms in total. The zero-order valence-corrected chi connectivity index (χ0v) is 23.5. The van der Waals surface area contributed by atoms with E-state index in [4.69, 9.17) is 4.42 Å². The molecule has 0 aliphatic carbocycles. The number of benzene rings is 4. The molecule has 42 heavy (non-hydrogen) atoms. The maximum Gasteiger partial charge on any atom is 0.255 e. The quantitative estimate of drug-likeness (QED) is 0.237. The molecule has 0 fully saturated rings. The molecule has 6 rings (SSSR count). The van der Waals surface area contributed by atoms with Crippen LogP contribution in [0.5, 0.6) is 0 Å². The van der Waals surface area contributed by atoms with Gasteiger partial charge in [0, 0.05) is 47.6 Å². The number of rotatable bonds is 6. The highest BCUT2D eigenvalue weighted by Gasteiger charge is 2.26. The van der Waals surface area contributed by atoms with Crippen LogP contribution in [0, 0.1) is 11.6 Å². The predicted octanol–water partition coefficient (Wildman–Crippen LogP) is 6.34. The molecule has 4 aromatic carbocycles. The number of aromatic amines is 1. The molecule has 0 bridgehead atoms. The van der Waals surface area contributed by atoms with Crippen LogP contribution >= 0.6 is 0 Å². The highest BCUT2D eigenvalue weighted by Crippen LogP contribution is 2.42. The molecule has 2 heterocycles. The van der Waals surface area contributed by atoms with Gasteiger partial charge in [0.25, 0.3) is 5.91 Å². The SMILES string of the molecule is CNC(=O)c1c(-c2ccc(F)cc2)oc2cc(N(C)S(C)(=O)=O)c(-c3ccc4[nH]nc(-c5ccc(F)cc5)c4c3)cc12. The molecule has 0 saturated heterocycles. The van der Waals surface area contributed by atoms with Crippen molar-refractivity contribution in [2.75, 3.05) is 24.7 Å². The third kappa shape index (κ3) is 4.67. The molecule has 0 unspecified atom stereocenters. The van der Waals surface area contributed by atoms with Crippen molar-refractivity contribution in [3.8, 4) is 33.7 Å². The molecule has 2 N–H and O–H groups in total. The molecule has 0 aliphatic heterocycles. The Balaban J connectivity index is 1.63. The van der Waals surface area contributed by atoms with E-state index >= 15 is 0 Å². The number of nitrogens with one attached hydrogen (secondary N) is 2. The maximum atomic E-state index is 13.7. The zero-order chi connectivity index (χ0) is 29.8. The van der Waals surface area contributed by atoms with E-state index in [1.54, 1.807) is 24.3 Å². The first kappa shape index (κ1) is 27.2. The second-order valence-corrected chi connectivity index (χ2v) is 11.8. The summed E-state index contributed by atoms with van der Waals surface area (Å²) in [6, 6.07) is 20.3. The Labute approximate surface area is 239 Å². The number of amides is 1. The number of carbonyl (C=O) groups is 1. The number of sulfonamides is 1. The first-order valence-corrected chi connectivity index (χ1v) is 14.7. The summed E-state index contributed by atoms with van der Waals surface area (Å²) < 4.78 is 60.0. The Kier molecular flexibility index (Phi) is 6.53. The van der Waals surface area contributed by atoms with Gasteiger partial charge in [0.2, 0.25) is 10.0 Å². The van der Waals surface area contributed by atoms with E-state index in [0.29, 0.717) is 39.0 Å². The fourth-order valence-corrected chi connectivity index (χ4v) is 5.48. The van der Waals surface area contributed by atoms with Crippen molar-refractivity contribution < 1.29 is 26.4 Å². The van der Waals surface area contributed by atoms with Gasteiger partial charge in [-0.1, -0.05) is 6.07 Å². The first-order chi connectivity index (χ1) is 20.0. The monoisotopic (exact) mass is 586 g/mol. The van der Waals surface area contributed by atoms with Gasteiger partial charge in [0.15, 0.2) is 0 Å². The van der Waals surface area contributed by atoms with Crippen LogP contribution < -0.4 is 9.62 Å². The minimum absolute atomic E-state index is 0.221. The Hall–Kier alpha value is -5.03. The van der Waals surface area contributed by atoms with Gasteiger partial charge >= 0.3 is 0 Å². The predicted molar refractivity (Wildman–Crippen MR) is 159 cm³/mol. The van der Waals surface area contributed by atoms with Crippen LogP contribution in [0.25, 0.3) is 55.6 Å². The van der Waals surface area contributed by atoms with Crippen LogP contribution in [0.3, 0.4) is 0 Å². The van der Waals surface area contributed by atoms with Crippen LogP contribution in [0.2, 0.25) is 0 Å². The number of halogens is 2. The molecule has 6 aromatic rings. The van der Waals surface area contributed by atoms with Crippen molar-refractivity contribution >= 4 is 43.5 Å². The van der Waals surface area contributed by atoms with E-state index in [2.05, 4.69) is 15.5 Å². The molecule has 0 spiro atoms. The number of anilines is 1. The fraction of sp³-hybridized carbons (Fsp3) is 0.0968. The number of H-pyrrole nitrogens is 1. The van der Waals surface area contributed by atoms with E-state index in [1.807, 2.05) is 18.2 Å². The molecular formula is C31H24F2N4O4S. The van der Waals surface area contributed by atoms with Crippen molar-refractivity contribution in [3.63, 3.8) is 0 Å². The van der Waals surface area contributed by atoms with E-state index in [9.17, 15) is 22.0 Å². The lowest BCUT2D eigenvalue weighted by atomic mass is 9.96.